The van der Waals surface area contributed by atoms with E-state index in [2.05, 4.69) is 26.0 Å². The van der Waals surface area contributed by atoms with Crippen LogP contribution in [0.4, 0.5) is 11.4 Å². The Morgan fingerprint density at radius 2 is 1.80 bits per heavy atom. The van der Waals surface area contributed by atoms with Crippen molar-refractivity contribution in [2.24, 2.45) is 17.6 Å². The first-order valence-electron chi connectivity index (χ1n) is 13.3. The number of ether oxygens (including phenoxy) is 1. The molecular formula is C28H32BrClN4O10. The standard InChI is InChI=1S/C28H32BrClN4O10/c1-33(2)19-10-6-9-7-11-20(34(3)4)23(38)16(26(31)41)25(40)28(11,43)24(39)14(9)21(36)15(10)22(37)18(17(19)30)32-27(42)12(29)8-13(35)44-5/h9,11-12,20,36-37,40,43H,6-8H2,1-5H3,(H2,31,41)(H,32,42)/t9?,11?,12?,20-,28-/m0/s1. The number of aromatic hydroxyl groups is 1. The van der Waals surface area contributed by atoms with Crippen molar-refractivity contribution in [3.8, 4) is 5.75 Å². The van der Waals surface area contributed by atoms with Crippen molar-refractivity contribution in [1.82, 2.24) is 4.90 Å². The van der Waals surface area contributed by atoms with E-state index in [0.29, 0.717) is 5.56 Å². The van der Waals surface area contributed by atoms with Crippen molar-refractivity contribution < 1.29 is 49.1 Å². The molecule has 5 atom stereocenters. The zero-order valence-electron chi connectivity index (χ0n) is 24.4. The van der Waals surface area contributed by atoms with Gasteiger partial charge in [0.25, 0.3) is 5.91 Å². The van der Waals surface area contributed by atoms with E-state index in [-0.39, 0.29) is 46.8 Å². The van der Waals surface area contributed by atoms with Crippen LogP contribution in [-0.4, -0.2) is 106 Å². The molecule has 1 saturated carbocycles. The molecule has 3 aliphatic rings. The number of rotatable bonds is 7. The van der Waals surface area contributed by atoms with E-state index in [1.165, 1.54) is 19.0 Å². The number of hydrogen-bond acceptors (Lipinski definition) is 12. The van der Waals surface area contributed by atoms with Gasteiger partial charge in [-0.15, -0.1) is 0 Å². The van der Waals surface area contributed by atoms with Crippen LogP contribution in [0, 0.1) is 11.8 Å². The number of aliphatic hydroxyl groups is 3. The number of halogens is 2. The fourth-order valence-electron chi connectivity index (χ4n) is 6.43. The molecule has 14 nitrogen and oxygen atoms in total. The van der Waals surface area contributed by atoms with E-state index in [0.717, 1.165) is 7.11 Å². The number of carbonyl (C=O) groups is 5. The number of aliphatic hydroxyl groups excluding tert-OH is 2. The largest absolute Gasteiger partial charge is 0.508 e. The average Bonchev–Trinajstić information content (AvgIpc) is 2.92. The van der Waals surface area contributed by atoms with Gasteiger partial charge in [0, 0.05) is 25.6 Å². The highest BCUT2D eigenvalue weighted by atomic mass is 79.9. The first kappa shape index (κ1) is 33.2. The predicted octanol–water partition coefficient (Wildman–Crippen LogP) is 0.949. The lowest BCUT2D eigenvalue weighted by molar-refractivity contribution is -0.153. The Labute approximate surface area is 265 Å². The summed E-state index contributed by atoms with van der Waals surface area (Å²) in [5, 5.41) is 48.1. The zero-order chi connectivity index (χ0) is 33.2. The second-order valence-electron chi connectivity index (χ2n) is 11.3. The van der Waals surface area contributed by atoms with Crippen molar-refractivity contribution in [2.75, 3.05) is 45.5 Å². The van der Waals surface area contributed by atoms with Gasteiger partial charge in [0.1, 0.15) is 27.6 Å². The van der Waals surface area contributed by atoms with Gasteiger partial charge in [-0.05, 0) is 38.4 Å². The summed E-state index contributed by atoms with van der Waals surface area (Å²) in [5.74, 6) is -9.55. The molecule has 1 fully saturated rings. The highest BCUT2D eigenvalue weighted by molar-refractivity contribution is 9.10. The number of amides is 2. The van der Waals surface area contributed by atoms with Crippen molar-refractivity contribution in [3.05, 3.63) is 33.1 Å². The smallest absolute Gasteiger partial charge is 0.307 e. The third-order valence-corrected chi connectivity index (χ3v) is 9.46. The van der Waals surface area contributed by atoms with Crippen molar-refractivity contribution in [2.45, 2.75) is 35.7 Å². The monoisotopic (exact) mass is 698 g/mol. The molecule has 238 valence electrons. The normalized spacial score (nSPS) is 25.2. The Balaban J connectivity index is 1.94. The molecule has 0 radical (unpaired) electrons. The Morgan fingerprint density at radius 1 is 1.18 bits per heavy atom. The van der Waals surface area contributed by atoms with Crippen LogP contribution < -0.4 is 16.0 Å². The molecule has 7 N–H and O–H groups in total. The maximum absolute atomic E-state index is 14.1. The van der Waals surface area contributed by atoms with Crippen molar-refractivity contribution in [3.63, 3.8) is 0 Å². The molecule has 3 aliphatic carbocycles. The van der Waals surface area contributed by atoms with E-state index in [4.69, 9.17) is 17.3 Å². The number of hydrogen-bond donors (Lipinski definition) is 6. The summed E-state index contributed by atoms with van der Waals surface area (Å²) in [6.45, 7) is 0. The van der Waals surface area contributed by atoms with Gasteiger partial charge in [-0.2, -0.15) is 0 Å². The number of benzene rings is 1. The number of esters is 1. The number of nitrogens with two attached hydrogens (primary N) is 1. The average molecular weight is 700 g/mol. The number of phenols is 1. The Bertz CT molecular complexity index is 1570. The second-order valence-corrected chi connectivity index (χ2v) is 12.8. The van der Waals surface area contributed by atoms with E-state index in [1.807, 2.05) is 0 Å². The molecule has 2 amide bonds. The van der Waals surface area contributed by atoms with Gasteiger partial charge in [-0.1, -0.05) is 27.5 Å². The van der Waals surface area contributed by atoms with Crippen LogP contribution in [0.1, 0.15) is 24.0 Å². The number of carbonyl (C=O) groups excluding carboxylic acids is 5. The molecule has 1 aromatic rings. The van der Waals surface area contributed by atoms with Crippen LogP contribution in [0.5, 0.6) is 5.75 Å². The Morgan fingerprint density at radius 3 is 2.32 bits per heavy atom. The molecule has 0 spiro atoms. The minimum absolute atomic E-state index is 0.00698. The number of methoxy groups -OCH3 is 1. The summed E-state index contributed by atoms with van der Waals surface area (Å²) in [4.78, 5) is 66.0. The first-order valence-corrected chi connectivity index (χ1v) is 14.6. The van der Waals surface area contributed by atoms with Gasteiger partial charge in [-0.3, -0.25) is 28.9 Å². The van der Waals surface area contributed by atoms with Crippen molar-refractivity contribution in [1.29, 1.82) is 0 Å². The summed E-state index contributed by atoms with van der Waals surface area (Å²) >= 11 is 9.79. The minimum Gasteiger partial charge on any atom is -0.508 e. The number of ketones is 2. The number of primary amides is 1. The summed E-state index contributed by atoms with van der Waals surface area (Å²) in [6.07, 6.45) is -0.459. The number of phenolic OH excluding ortho intramolecular Hbond substituents is 1. The number of likely N-dealkylation sites (N-methyl/N-ethyl adjacent to an activating group) is 1. The topological polar surface area (TPSA) is 220 Å². The van der Waals surface area contributed by atoms with Crippen LogP contribution in [0.15, 0.2) is 16.9 Å². The van der Waals surface area contributed by atoms with E-state index < -0.39 is 80.5 Å². The molecule has 0 aromatic heterocycles. The van der Waals surface area contributed by atoms with Crippen LogP contribution in [0.3, 0.4) is 0 Å². The molecule has 4 rings (SSSR count). The van der Waals surface area contributed by atoms with Gasteiger partial charge in [0.2, 0.25) is 11.7 Å². The number of nitrogens with one attached hydrogen (secondary N) is 1. The first-order chi connectivity index (χ1) is 20.4. The number of nitrogens with zero attached hydrogens (tertiary/aromatic N) is 2. The lowest BCUT2D eigenvalue weighted by Crippen LogP contribution is -2.65. The molecule has 3 unspecified atom stereocenters. The fraction of sp³-hybridized carbons (Fsp3) is 0.464. The maximum Gasteiger partial charge on any atom is 0.307 e. The van der Waals surface area contributed by atoms with Gasteiger partial charge in [0.15, 0.2) is 17.1 Å². The molecule has 0 saturated heterocycles. The Kier molecular flexibility index (Phi) is 8.83. The van der Waals surface area contributed by atoms with E-state index >= 15 is 0 Å². The van der Waals surface area contributed by atoms with Gasteiger partial charge < -0.3 is 41.1 Å². The summed E-state index contributed by atoms with van der Waals surface area (Å²) in [7, 11) is 7.43. The number of fused-ring (bicyclic) bond motifs is 3. The lowest BCUT2D eigenvalue weighted by Gasteiger charge is -2.50. The summed E-state index contributed by atoms with van der Waals surface area (Å²) in [6, 6.07) is -1.22. The van der Waals surface area contributed by atoms with Crippen molar-refractivity contribution >= 4 is 74.0 Å². The van der Waals surface area contributed by atoms with E-state index in [1.54, 1.807) is 19.0 Å². The Hall–Kier alpha value is -3.66. The van der Waals surface area contributed by atoms with Gasteiger partial charge in [-0.25, -0.2) is 0 Å². The van der Waals surface area contributed by atoms with Gasteiger partial charge in [0.05, 0.1) is 35.8 Å². The molecular weight excluding hydrogens is 668 g/mol. The van der Waals surface area contributed by atoms with E-state index in [9.17, 15) is 44.4 Å². The highest BCUT2D eigenvalue weighted by Gasteiger charge is 2.64. The molecule has 0 heterocycles. The molecule has 1 aromatic carbocycles. The zero-order valence-corrected chi connectivity index (χ0v) is 26.7. The van der Waals surface area contributed by atoms with Crippen LogP contribution in [0.2, 0.25) is 5.02 Å². The SMILES string of the molecule is COC(=O)CC(Br)C(=O)Nc1c(O)c2c(c(N(C)C)c1Cl)CC1CC3[C@H](N(C)C)C(=O)C(C(N)=O)=C(O)[C@@]3(O)C(=O)C1=C2O. The quantitative estimate of drug-likeness (QED) is 0.101. The second kappa shape index (κ2) is 11.7. The molecule has 0 bridgehead atoms. The van der Waals surface area contributed by atoms with Crippen LogP contribution in [-0.2, 0) is 35.1 Å². The minimum atomic E-state index is -2.80. The van der Waals surface area contributed by atoms with Crippen LogP contribution in [0.25, 0.3) is 5.76 Å². The summed E-state index contributed by atoms with van der Waals surface area (Å²) < 4.78 is 4.58. The molecule has 0 aliphatic heterocycles. The molecule has 16 heteroatoms. The third kappa shape index (κ3) is 4.91. The number of anilines is 2. The van der Waals surface area contributed by atoms with Gasteiger partial charge >= 0.3 is 5.97 Å². The number of Topliss-reactive ketones (excluding diaryl/α,β-unsaturated/α-hetero) is 2. The summed E-state index contributed by atoms with van der Waals surface area (Å²) in [5.41, 5.74) is 1.29. The highest BCUT2D eigenvalue weighted by Crippen LogP contribution is 2.56. The fourth-order valence-corrected chi connectivity index (χ4v) is 7.23. The maximum atomic E-state index is 14.1. The predicted molar refractivity (Wildman–Crippen MR) is 162 cm³/mol. The lowest BCUT2D eigenvalue weighted by atomic mass is 9.57. The third-order valence-electron chi connectivity index (χ3n) is 8.36. The van der Waals surface area contributed by atoms with Crippen LogP contribution >= 0.6 is 27.5 Å². The number of alkyl halides is 1. The molecule has 44 heavy (non-hydrogen) atoms.